The lowest BCUT2D eigenvalue weighted by atomic mass is 10.1. The molecule has 1 N–H and O–H groups in total. The Kier molecular flexibility index (Phi) is 5.66. The molecule has 5 heteroatoms. The summed E-state index contributed by atoms with van der Waals surface area (Å²) in [4.78, 5) is 16.6. The van der Waals surface area contributed by atoms with E-state index in [9.17, 15) is 4.79 Å². The first-order valence-corrected chi connectivity index (χ1v) is 7.11. The van der Waals surface area contributed by atoms with Gasteiger partial charge in [0.2, 0.25) is 0 Å². The third-order valence-corrected chi connectivity index (χ3v) is 3.03. The van der Waals surface area contributed by atoms with Gasteiger partial charge < -0.3 is 14.8 Å². The normalized spacial score (nSPS) is 11.0. The van der Waals surface area contributed by atoms with Gasteiger partial charge in [-0.2, -0.15) is 0 Å². The molecule has 1 aromatic carbocycles. The summed E-state index contributed by atoms with van der Waals surface area (Å²) in [5, 5.41) is 3.68. The van der Waals surface area contributed by atoms with E-state index in [1.165, 1.54) is 0 Å². The van der Waals surface area contributed by atoms with E-state index >= 15 is 0 Å². The highest BCUT2D eigenvalue weighted by atomic mass is 16.7. The molecule has 0 fully saturated rings. The first-order chi connectivity index (χ1) is 10.3. The van der Waals surface area contributed by atoms with Crippen molar-refractivity contribution in [3.63, 3.8) is 0 Å². The third kappa shape index (κ3) is 4.00. The van der Waals surface area contributed by atoms with Crippen molar-refractivity contribution in [1.82, 2.24) is 10.3 Å². The summed E-state index contributed by atoms with van der Waals surface area (Å²) in [6.45, 7) is 5.18. The molecule has 0 spiro atoms. The number of carbonyl (C=O) groups excluding carboxylic acids is 1. The van der Waals surface area contributed by atoms with E-state index in [1.807, 2.05) is 38.1 Å². The number of hydrogen-bond acceptors (Lipinski definition) is 4. The molecule has 2 rings (SSSR count). The maximum Gasteiger partial charge on any atom is 0.252 e. The lowest BCUT2D eigenvalue weighted by molar-refractivity contribution is -0.131. The number of hydrogen-bond donors (Lipinski definition) is 1. The zero-order valence-corrected chi connectivity index (χ0v) is 12.3. The molecule has 1 heterocycles. The van der Waals surface area contributed by atoms with Crippen LogP contribution in [0.1, 0.15) is 24.2 Å². The molecule has 0 radical (unpaired) electrons. The van der Waals surface area contributed by atoms with Crippen molar-refractivity contribution in [3.05, 3.63) is 42.1 Å². The maximum absolute atomic E-state index is 12.3. The molecule has 1 aromatic heterocycles. The van der Waals surface area contributed by atoms with Crippen molar-refractivity contribution < 1.29 is 14.3 Å². The molecular weight excluding hydrogens is 268 g/mol. The average molecular weight is 288 g/mol. The van der Waals surface area contributed by atoms with E-state index in [1.54, 1.807) is 12.3 Å². The maximum atomic E-state index is 12.3. The smallest absolute Gasteiger partial charge is 0.252 e. The van der Waals surface area contributed by atoms with E-state index in [2.05, 4.69) is 10.3 Å². The molecule has 21 heavy (non-hydrogen) atoms. The van der Waals surface area contributed by atoms with Crippen LogP contribution >= 0.6 is 0 Å². The third-order valence-electron chi connectivity index (χ3n) is 3.03. The monoisotopic (exact) mass is 288 g/mol. The Bertz CT molecular complexity index is 590. The van der Waals surface area contributed by atoms with Crippen LogP contribution in [0.5, 0.6) is 0 Å². The molecule has 0 bridgehead atoms. The van der Waals surface area contributed by atoms with Gasteiger partial charge in [0.1, 0.15) is 0 Å². The van der Waals surface area contributed by atoms with Gasteiger partial charge in [-0.25, -0.2) is 0 Å². The van der Waals surface area contributed by atoms with E-state index in [-0.39, 0.29) is 5.91 Å². The van der Waals surface area contributed by atoms with E-state index in [0.717, 1.165) is 10.9 Å². The van der Waals surface area contributed by atoms with Gasteiger partial charge in [-0.05, 0) is 26.0 Å². The Morgan fingerprint density at radius 2 is 1.90 bits per heavy atom. The summed E-state index contributed by atoms with van der Waals surface area (Å²) in [5.74, 6) is -0.155. The second-order valence-electron chi connectivity index (χ2n) is 4.43. The lowest BCUT2D eigenvalue weighted by Gasteiger charge is -2.17. The number of fused-ring (bicyclic) bond motifs is 1. The quantitative estimate of drug-likeness (QED) is 0.795. The summed E-state index contributed by atoms with van der Waals surface area (Å²) in [5.41, 5.74) is 1.41. The van der Waals surface area contributed by atoms with E-state index < -0.39 is 6.29 Å². The predicted octanol–water partition coefficient (Wildman–Crippen LogP) is 2.36. The Balaban J connectivity index is 2.08. The number of aromatic nitrogens is 1. The second kappa shape index (κ2) is 7.71. The Morgan fingerprint density at radius 1 is 1.19 bits per heavy atom. The van der Waals surface area contributed by atoms with Crippen LogP contribution in [0.3, 0.4) is 0 Å². The minimum atomic E-state index is -0.419. The highest BCUT2D eigenvalue weighted by Gasteiger charge is 2.13. The SMILES string of the molecule is CCOC(CNC(=O)c1ccnc2ccccc12)OCC. The second-order valence-corrected chi connectivity index (χ2v) is 4.43. The van der Waals surface area contributed by atoms with Crippen LogP contribution in [0.15, 0.2) is 36.5 Å². The molecule has 2 aromatic rings. The van der Waals surface area contributed by atoms with Crippen molar-refractivity contribution in [1.29, 1.82) is 0 Å². The van der Waals surface area contributed by atoms with Gasteiger partial charge >= 0.3 is 0 Å². The average Bonchev–Trinajstić information content (AvgIpc) is 2.52. The van der Waals surface area contributed by atoms with Crippen molar-refractivity contribution in [2.75, 3.05) is 19.8 Å². The largest absolute Gasteiger partial charge is 0.351 e. The van der Waals surface area contributed by atoms with E-state index in [0.29, 0.717) is 25.3 Å². The van der Waals surface area contributed by atoms with Crippen LogP contribution in [0.4, 0.5) is 0 Å². The van der Waals surface area contributed by atoms with Crippen molar-refractivity contribution in [3.8, 4) is 0 Å². The van der Waals surface area contributed by atoms with Gasteiger partial charge in [-0.1, -0.05) is 18.2 Å². The van der Waals surface area contributed by atoms with Gasteiger partial charge in [-0.3, -0.25) is 9.78 Å². The van der Waals surface area contributed by atoms with Gasteiger partial charge in [-0.15, -0.1) is 0 Å². The molecule has 0 unspecified atom stereocenters. The fraction of sp³-hybridized carbons (Fsp3) is 0.375. The number of pyridine rings is 1. The van der Waals surface area contributed by atoms with Crippen LogP contribution in [-0.4, -0.2) is 36.9 Å². The highest BCUT2D eigenvalue weighted by molar-refractivity contribution is 6.05. The standard InChI is InChI=1S/C16H20N2O3/c1-3-20-15(21-4-2)11-18-16(19)13-9-10-17-14-8-6-5-7-12(13)14/h5-10,15H,3-4,11H2,1-2H3,(H,18,19). The summed E-state index contributed by atoms with van der Waals surface area (Å²) >= 11 is 0. The molecule has 0 saturated carbocycles. The minimum Gasteiger partial charge on any atom is -0.351 e. The molecule has 0 saturated heterocycles. The van der Waals surface area contributed by atoms with Crippen molar-refractivity contribution in [2.45, 2.75) is 20.1 Å². The van der Waals surface area contributed by atoms with Gasteiger partial charge in [0.15, 0.2) is 6.29 Å². The number of ether oxygens (including phenoxy) is 2. The fourth-order valence-electron chi connectivity index (χ4n) is 2.10. The van der Waals surface area contributed by atoms with Crippen molar-refractivity contribution in [2.24, 2.45) is 0 Å². The number of carbonyl (C=O) groups is 1. The highest BCUT2D eigenvalue weighted by Crippen LogP contribution is 2.15. The Labute approximate surface area is 124 Å². The first-order valence-electron chi connectivity index (χ1n) is 7.11. The van der Waals surface area contributed by atoms with Gasteiger partial charge in [0.25, 0.3) is 5.91 Å². The Hall–Kier alpha value is -1.98. The minimum absolute atomic E-state index is 0.155. The Morgan fingerprint density at radius 3 is 2.62 bits per heavy atom. The molecule has 0 aliphatic heterocycles. The molecule has 0 aliphatic carbocycles. The molecule has 0 aliphatic rings. The summed E-state index contributed by atoms with van der Waals surface area (Å²) in [6.07, 6.45) is 1.22. The molecule has 112 valence electrons. The molecular formula is C16H20N2O3. The van der Waals surface area contributed by atoms with Crippen molar-refractivity contribution >= 4 is 16.8 Å². The summed E-state index contributed by atoms with van der Waals surface area (Å²) < 4.78 is 10.8. The molecule has 0 atom stereocenters. The van der Waals surface area contributed by atoms with Crippen LogP contribution in [0, 0.1) is 0 Å². The number of benzene rings is 1. The first kappa shape index (κ1) is 15.4. The zero-order chi connectivity index (χ0) is 15.1. The van der Waals surface area contributed by atoms with Crippen LogP contribution in [0.25, 0.3) is 10.9 Å². The van der Waals surface area contributed by atoms with Crippen LogP contribution in [-0.2, 0) is 9.47 Å². The lowest BCUT2D eigenvalue weighted by Crippen LogP contribution is -2.35. The summed E-state index contributed by atoms with van der Waals surface area (Å²) in [7, 11) is 0. The van der Waals surface area contributed by atoms with Crippen LogP contribution in [0.2, 0.25) is 0 Å². The molecule has 1 amide bonds. The number of amides is 1. The topological polar surface area (TPSA) is 60.5 Å². The number of nitrogens with one attached hydrogen (secondary N) is 1. The van der Waals surface area contributed by atoms with E-state index in [4.69, 9.17) is 9.47 Å². The summed E-state index contributed by atoms with van der Waals surface area (Å²) in [6, 6.07) is 9.28. The fourth-order valence-corrected chi connectivity index (χ4v) is 2.10. The van der Waals surface area contributed by atoms with Gasteiger partial charge in [0.05, 0.1) is 17.6 Å². The predicted molar refractivity (Wildman–Crippen MR) is 81.1 cm³/mol. The zero-order valence-electron chi connectivity index (χ0n) is 12.3. The number of para-hydroxylation sites is 1. The van der Waals surface area contributed by atoms with Gasteiger partial charge in [0, 0.05) is 24.8 Å². The van der Waals surface area contributed by atoms with Crippen LogP contribution < -0.4 is 5.32 Å². The number of rotatable bonds is 7. The number of nitrogens with zero attached hydrogens (tertiary/aromatic N) is 1. The molecule has 5 nitrogen and oxygen atoms in total.